The van der Waals surface area contributed by atoms with Crippen LogP contribution in [0.4, 0.5) is 0 Å². The van der Waals surface area contributed by atoms with Crippen molar-refractivity contribution in [2.45, 2.75) is 13.8 Å². The maximum Gasteiger partial charge on any atom is 0.341 e. The molecular formula is C22H18ClN3O3. The molecule has 0 aromatic heterocycles. The lowest BCUT2D eigenvalue weighted by atomic mass is 10.1. The van der Waals surface area contributed by atoms with Crippen LogP contribution in [-0.2, 0) is 4.74 Å². The topological polar surface area (TPSA) is 66.1 Å². The predicted molar refractivity (Wildman–Crippen MR) is 112 cm³/mol. The summed E-state index contributed by atoms with van der Waals surface area (Å²) in [4.78, 5) is 25.7. The fraction of sp³-hybridized carbons (Fsp3) is 0.136. The van der Waals surface area contributed by atoms with Crippen LogP contribution in [-0.4, -0.2) is 27.4 Å². The average Bonchev–Trinajstić information content (AvgIpc) is 3.05. The number of methoxy groups -OCH3 is 1. The Labute approximate surface area is 172 Å². The number of carbonyl (C=O) groups excluding carboxylic acids is 1. The van der Waals surface area contributed by atoms with E-state index in [1.165, 1.54) is 11.8 Å². The van der Waals surface area contributed by atoms with Crippen LogP contribution in [0.5, 0.6) is 0 Å². The van der Waals surface area contributed by atoms with E-state index in [-0.39, 0.29) is 11.1 Å². The van der Waals surface area contributed by atoms with Gasteiger partial charge < -0.3 is 9.30 Å². The molecule has 2 aliphatic heterocycles. The summed E-state index contributed by atoms with van der Waals surface area (Å²) in [5.74, 6) is -0.571. The Balaban J connectivity index is 2.05. The number of aromatic nitrogens is 3. The fourth-order valence-electron chi connectivity index (χ4n) is 3.35. The number of rotatable bonds is 3. The number of esters is 1. The number of carbonyl (C=O) groups is 1. The summed E-state index contributed by atoms with van der Waals surface area (Å²) in [6, 6.07) is 12.9. The third-order valence-electron chi connectivity index (χ3n) is 4.94. The molecule has 6 nitrogen and oxygen atoms in total. The molecule has 0 amide bonds. The van der Waals surface area contributed by atoms with E-state index in [2.05, 4.69) is 5.10 Å². The maximum atomic E-state index is 13.2. The van der Waals surface area contributed by atoms with Crippen molar-refractivity contribution in [3.8, 4) is 22.6 Å². The Kier molecular flexibility index (Phi) is 4.72. The lowest BCUT2D eigenvalue weighted by Crippen LogP contribution is -2.16. The molecular weight excluding hydrogens is 390 g/mol. The first-order chi connectivity index (χ1) is 13.9. The van der Waals surface area contributed by atoms with Crippen molar-refractivity contribution in [2.24, 2.45) is 0 Å². The number of aryl methyl sites for hydroxylation is 1. The molecule has 4 rings (SSSR count). The zero-order valence-electron chi connectivity index (χ0n) is 16.1. The van der Waals surface area contributed by atoms with Crippen molar-refractivity contribution in [2.75, 3.05) is 7.11 Å². The highest BCUT2D eigenvalue weighted by molar-refractivity contribution is 6.31. The molecule has 0 N–H and O–H groups in total. The fourth-order valence-corrected chi connectivity index (χ4v) is 3.51. The SMILES string of the molecule is COC(=O)c1cn(-c2cccc(Cl)c2C)cc2c(=O)n(-c3ccccc3C)nc1-2. The van der Waals surface area contributed by atoms with Gasteiger partial charge in [0.2, 0.25) is 0 Å². The number of nitrogens with zero attached hydrogens (tertiary/aromatic N) is 3. The molecule has 7 heteroatoms. The van der Waals surface area contributed by atoms with E-state index in [9.17, 15) is 9.59 Å². The highest BCUT2D eigenvalue weighted by atomic mass is 35.5. The molecule has 0 radical (unpaired) electrons. The average molecular weight is 408 g/mol. The Morgan fingerprint density at radius 2 is 1.76 bits per heavy atom. The number of hydrogen-bond acceptors (Lipinski definition) is 4. The van der Waals surface area contributed by atoms with Crippen LogP contribution in [0, 0.1) is 13.8 Å². The van der Waals surface area contributed by atoms with Crippen LogP contribution in [0.15, 0.2) is 59.7 Å². The van der Waals surface area contributed by atoms with Crippen LogP contribution in [0.25, 0.3) is 22.6 Å². The number of benzene rings is 2. The zero-order chi connectivity index (χ0) is 20.7. The van der Waals surface area contributed by atoms with Gasteiger partial charge in [0.1, 0.15) is 11.3 Å². The van der Waals surface area contributed by atoms with Crippen LogP contribution < -0.4 is 5.56 Å². The molecule has 2 heterocycles. The Hall–Kier alpha value is -3.38. The second-order valence-corrected chi connectivity index (χ2v) is 7.13. The number of halogens is 1. The minimum absolute atomic E-state index is 0.203. The van der Waals surface area contributed by atoms with Gasteiger partial charge >= 0.3 is 5.97 Å². The highest BCUT2D eigenvalue weighted by Gasteiger charge is 2.26. The second-order valence-electron chi connectivity index (χ2n) is 6.72. The molecule has 2 aromatic rings. The number of ether oxygens (including phenoxy) is 1. The molecule has 0 bridgehead atoms. The van der Waals surface area contributed by atoms with Crippen LogP contribution in [0.3, 0.4) is 0 Å². The first kappa shape index (κ1) is 19.0. The summed E-state index contributed by atoms with van der Waals surface area (Å²) < 4.78 is 7.97. The molecule has 0 saturated carbocycles. The van der Waals surface area contributed by atoms with Gasteiger partial charge in [0.25, 0.3) is 5.56 Å². The summed E-state index contributed by atoms with van der Waals surface area (Å²) in [6.07, 6.45) is 3.28. The number of fused-ring (bicyclic) bond motifs is 1. The largest absolute Gasteiger partial charge is 0.465 e. The van der Waals surface area contributed by atoms with Crippen LogP contribution >= 0.6 is 11.6 Å². The molecule has 29 heavy (non-hydrogen) atoms. The van der Waals surface area contributed by atoms with Crippen LogP contribution in [0.1, 0.15) is 21.5 Å². The lowest BCUT2D eigenvalue weighted by molar-refractivity contribution is 0.0600. The van der Waals surface area contributed by atoms with Gasteiger partial charge in [-0.15, -0.1) is 0 Å². The Morgan fingerprint density at radius 3 is 2.48 bits per heavy atom. The van der Waals surface area contributed by atoms with E-state index >= 15 is 0 Å². The van der Waals surface area contributed by atoms with Gasteiger partial charge in [-0.3, -0.25) is 4.79 Å². The van der Waals surface area contributed by atoms with Gasteiger partial charge in [0, 0.05) is 23.1 Å². The smallest absolute Gasteiger partial charge is 0.341 e. The number of para-hydroxylation sites is 1. The summed E-state index contributed by atoms with van der Waals surface area (Å²) in [6.45, 7) is 3.78. The van der Waals surface area contributed by atoms with E-state index in [1.807, 2.05) is 50.2 Å². The van der Waals surface area contributed by atoms with Crippen molar-refractivity contribution >= 4 is 17.6 Å². The van der Waals surface area contributed by atoms with Gasteiger partial charge in [-0.2, -0.15) is 9.78 Å². The molecule has 0 spiro atoms. The highest BCUT2D eigenvalue weighted by Crippen LogP contribution is 2.28. The quantitative estimate of drug-likeness (QED) is 0.478. The van der Waals surface area contributed by atoms with Crippen molar-refractivity contribution in [3.63, 3.8) is 0 Å². The van der Waals surface area contributed by atoms with Crippen molar-refractivity contribution < 1.29 is 9.53 Å². The molecule has 0 fully saturated rings. The van der Waals surface area contributed by atoms with E-state index in [0.717, 1.165) is 16.8 Å². The minimum atomic E-state index is -0.571. The summed E-state index contributed by atoms with van der Waals surface area (Å²) >= 11 is 6.26. The summed E-state index contributed by atoms with van der Waals surface area (Å²) in [5.41, 5.74) is 3.64. The molecule has 0 saturated heterocycles. The Bertz CT molecular complexity index is 1270. The van der Waals surface area contributed by atoms with E-state index in [4.69, 9.17) is 16.3 Å². The molecule has 2 aromatic carbocycles. The molecule has 0 aliphatic carbocycles. The second kappa shape index (κ2) is 7.22. The summed E-state index contributed by atoms with van der Waals surface area (Å²) in [7, 11) is 1.30. The first-order valence-electron chi connectivity index (χ1n) is 8.97. The van der Waals surface area contributed by atoms with E-state index in [1.54, 1.807) is 23.0 Å². The standard InChI is InChI=1S/C22H18ClN3O3/c1-13-7-4-5-9-18(13)26-21(27)15-11-25(19-10-6-8-17(23)14(19)2)12-16(20(15)24-26)22(28)29-3/h4-12H,1-3H3. The van der Waals surface area contributed by atoms with Gasteiger partial charge in [0.15, 0.2) is 0 Å². The van der Waals surface area contributed by atoms with Gasteiger partial charge in [-0.25, -0.2) is 4.79 Å². The minimum Gasteiger partial charge on any atom is -0.465 e. The molecule has 0 atom stereocenters. The zero-order valence-corrected chi connectivity index (χ0v) is 16.9. The number of pyridine rings is 1. The predicted octanol–water partition coefficient (Wildman–Crippen LogP) is 4.18. The van der Waals surface area contributed by atoms with Gasteiger partial charge in [-0.05, 0) is 43.2 Å². The van der Waals surface area contributed by atoms with Crippen molar-refractivity contribution in [3.05, 3.63) is 86.9 Å². The van der Waals surface area contributed by atoms with Gasteiger partial charge in [0.05, 0.1) is 18.4 Å². The lowest BCUT2D eigenvalue weighted by Gasteiger charge is -2.14. The molecule has 2 aliphatic rings. The van der Waals surface area contributed by atoms with E-state index < -0.39 is 5.97 Å². The third-order valence-corrected chi connectivity index (χ3v) is 5.35. The molecule has 0 unspecified atom stereocenters. The number of hydrogen-bond donors (Lipinski definition) is 0. The summed E-state index contributed by atoms with van der Waals surface area (Å²) in [5, 5.41) is 5.04. The maximum absolute atomic E-state index is 13.2. The Morgan fingerprint density at radius 1 is 1.03 bits per heavy atom. The van der Waals surface area contributed by atoms with Crippen LogP contribution in [0.2, 0.25) is 5.02 Å². The molecule has 146 valence electrons. The van der Waals surface area contributed by atoms with Gasteiger partial charge in [-0.1, -0.05) is 35.9 Å². The van der Waals surface area contributed by atoms with E-state index in [0.29, 0.717) is 22.0 Å². The normalized spacial score (nSPS) is 11.0. The van der Waals surface area contributed by atoms with Crippen molar-refractivity contribution in [1.29, 1.82) is 0 Å². The third kappa shape index (κ3) is 3.11. The monoisotopic (exact) mass is 407 g/mol. The van der Waals surface area contributed by atoms with Crippen molar-refractivity contribution in [1.82, 2.24) is 14.3 Å². The first-order valence-corrected chi connectivity index (χ1v) is 9.35.